The molecule has 3 aromatic heterocycles. The van der Waals surface area contributed by atoms with Crippen LogP contribution in [0.2, 0.25) is 0 Å². The van der Waals surface area contributed by atoms with E-state index in [4.69, 9.17) is 4.74 Å². The molecule has 2 aliphatic heterocycles. The summed E-state index contributed by atoms with van der Waals surface area (Å²) >= 11 is 0. The van der Waals surface area contributed by atoms with Crippen molar-refractivity contribution in [3.05, 3.63) is 42.1 Å². The summed E-state index contributed by atoms with van der Waals surface area (Å²) in [5.74, 6) is -4.77. The first-order chi connectivity index (χ1) is 15.5. The Morgan fingerprint density at radius 3 is 2.97 bits per heavy atom. The monoisotopic (exact) mass is 440 g/mol. The highest BCUT2D eigenvalue weighted by molar-refractivity contribution is 5.80. The third-order valence-corrected chi connectivity index (χ3v) is 5.73. The van der Waals surface area contributed by atoms with E-state index in [0.29, 0.717) is 17.0 Å². The zero-order valence-corrected chi connectivity index (χ0v) is 16.9. The quantitative estimate of drug-likeness (QED) is 0.586. The third-order valence-electron chi connectivity index (χ3n) is 5.73. The molecule has 1 amide bonds. The maximum atomic E-state index is 15.2. The molecule has 0 aliphatic carbocycles. The minimum atomic E-state index is -3.28. The van der Waals surface area contributed by atoms with Crippen molar-refractivity contribution in [2.45, 2.75) is 18.9 Å². The predicted octanol–water partition coefficient (Wildman–Crippen LogP) is 1.27. The van der Waals surface area contributed by atoms with Crippen LogP contribution in [0.25, 0.3) is 5.65 Å². The van der Waals surface area contributed by atoms with E-state index in [9.17, 15) is 10.1 Å². The molecule has 1 fully saturated rings. The van der Waals surface area contributed by atoms with E-state index in [1.54, 1.807) is 6.07 Å². The molecule has 32 heavy (non-hydrogen) atoms. The number of piperidine rings is 1. The van der Waals surface area contributed by atoms with Crippen LogP contribution in [-0.4, -0.2) is 67.5 Å². The van der Waals surface area contributed by atoms with E-state index in [2.05, 4.69) is 20.1 Å². The van der Waals surface area contributed by atoms with Crippen molar-refractivity contribution in [2.75, 3.05) is 31.1 Å². The average Bonchev–Trinajstić information content (AvgIpc) is 3.16. The predicted molar refractivity (Wildman–Crippen MR) is 106 cm³/mol. The zero-order valence-electron chi connectivity index (χ0n) is 16.9. The number of alkyl halides is 2. The first kappa shape index (κ1) is 20.0. The standard InChI is InChI=1S/C20H18F2N8O2/c21-20(22)11-29(19-25-3-1-16-26-12-27-30(16)19)4-2-15(20)18(31)28-5-6-32-17-13(7-23)8-24-9-14(17)10-28/h1,3,8-9,12,15H,2,4-6,10-11H2. The van der Waals surface area contributed by atoms with Crippen molar-refractivity contribution in [2.24, 2.45) is 5.92 Å². The number of ether oxygens (including phenoxy) is 1. The number of aromatic nitrogens is 5. The van der Waals surface area contributed by atoms with Crippen LogP contribution in [-0.2, 0) is 11.3 Å². The summed E-state index contributed by atoms with van der Waals surface area (Å²) in [6.07, 6.45) is 5.66. The van der Waals surface area contributed by atoms with E-state index >= 15 is 8.78 Å². The van der Waals surface area contributed by atoms with E-state index in [1.165, 1.54) is 39.2 Å². The maximum absolute atomic E-state index is 15.2. The van der Waals surface area contributed by atoms with Crippen molar-refractivity contribution in [3.8, 4) is 11.8 Å². The number of hydrogen-bond acceptors (Lipinski definition) is 8. The zero-order chi connectivity index (χ0) is 22.3. The molecular formula is C20H18F2N8O2. The molecule has 1 atom stereocenters. The summed E-state index contributed by atoms with van der Waals surface area (Å²) in [6, 6.07) is 3.64. The molecule has 0 bridgehead atoms. The van der Waals surface area contributed by atoms with Crippen LogP contribution in [0.4, 0.5) is 14.7 Å². The lowest BCUT2D eigenvalue weighted by Gasteiger charge is -2.39. The Kier molecular flexibility index (Phi) is 4.80. The number of carbonyl (C=O) groups is 1. The highest BCUT2D eigenvalue weighted by Crippen LogP contribution is 2.37. The molecule has 1 unspecified atom stereocenters. The number of pyridine rings is 1. The van der Waals surface area contributed by atoms with Gasteiger partial charge in [0.25, 0.3) is 5.92 Å². The lowest BCUT2D eigenvalue weighted by Crippen LogP contribution is -2.55. The summed E-state index contributed by atoms with van der Waals surface area (Å²) in [4.78, 5) is 28.2. The Morgan fingerprint density at radius 1 is 1.28 bits per heavy atom. The number of fused-ring (bicyclic) bond motifs is 2. The number of rotatable bonds is 2. The summed E-state index contributed by atoms with van der Waals surface area (Å²) in [5, 5.41) is 13.3. The molecule has 5 heterocycles. The maximum Gasteiger partial charge on any atom is 0.276 e. The van der Waals surface area contributed by atoms with Crippen LogP contribution < -0.4 is 9.64 Å². The Labute approximate surface area is 181 Å². The van der Waals surface area contributed by atoms with Gasteiger partial charge in [-0.05, 0) is 6.42 Å². The molecule has 164 valence electrons. The normalized spacial score (nSPS) is 20.2. The van der Waals surface area contributed by atoms with Gasteiger partial charge in [-0.25, -0.2) is 18.7 Å². The molecule has 0 radical (unpaired) electrons. The SMILES string of the molecule is N#Cc1cncc2c1OCCN(C(=O)C1CCN(c3nccc4ncnn34)CC1(F)F)C2. The fraction of sp³-hybridized carbons (Fsp3) is 0.400. The van der Waals surface area contributed by atoms with Crippen LogP contribution in [0, 0.1) is 17.2 Å². The molecule has 0 saturated carbocycles. The highest BCUT2D eigenvalue weighted by Gasteiger charge is 2.50. The van der Waals surface area contributed by atoms with Gasteiger partial charge in [0.1, 0.15) is 36.2 Å². The van der Waals surface area contributed by atoms with Crippen LogP contribution in [0.3, 0.4) is 0 Å². The number of anilines is 1. The van der Waals surface area contributed by atoms with Crippen molar-refractivity contribution in [3.63, 3.8) is 0 Å². The Balaban J connectivity index is 1.36. The molecule has 3 aromatic rings. The van der Waals surface area contributed by atoms with Gasteiger partial charge in [-0.1, -0.05) is 0 Å². The molecule has 1 saturated heterocycles. The van der Waals surface area contributed by atoms with Crippen molar-refractivity contribution in [1.29, 1.82) is 5.26 Å². The number of nitriles is 1. The number of carbonyl (C=O) groups excluding carboxylic acids is 1. The van der Waals surface area contributed by atoms with Gasteiger partial charge in [0.05, 0.1) is 19.6 Å². The third kappa shape index (κ3) is 3.35. The van der Waals surface area contributed by atoms with Gasteiger partial charge in [-0.2, -0.15) is 14.9 Å². The lowest BCUT2D eigenvalue weighted by molar-refractivity contribution is -0.152. The molecule has 5 rings (SSSR count). The second kappa shape index (κ2) is 7.67. The van der Waals surface area contributed by atoms with Crippen molar-refractivity contribution < 1.29 is 18.3 Å². The minimum absolute atomic E-state index is 0.0424. The molecule has 0 spiro atoms. The van der Waals surface area contributed by atoms with Gasteiger partial charge in [0.2, 0.25) is 11.9 Å². The number of hydrogen-bond donors (Lipinski definition) is 0. The van der Waals surface area contributed by atoms with Crippen molar-refractivity contribution >= 4 is 17.5 Å². The number of amides is 1. The average molecular weight is 440 g/mol. The summed E-state index contributed by atoms with van der Waals surface area (Å²) in [6.45, 7) is -0.114. The summed E-state index contributed by atoms with van der Waals surface area (Å²) < 4.78 is 37.4. The smallest absolute Gasteiger partial charge is 0.276 e. The van der Waals surface area contributed by atoms with Crippen molar-refractivity contribution in [1.82, 2.24) is 29.5 Å². The Morgan fingerprint density at radius 2 is 2.16 bits per heavy atom. The highest BCUT2D eigenvalue weighted by atomic mass is 19.3. The Hall–Kier alpha value is -3.88. The first-order valence-electron chi connectivity index (χ1n) is 10.0. The number of halogens is 2. The summed E-state index contributed by atoms with van der Waals surface area (Å²) in [5.41, 5.74) is 1.29. The van der Waals surface area contributed by atoms with Crippen LogP contribution in [0.1, 0.15) is 17.5 Å². The van der Waals surface area contributed by atoms with Gasteiger partial charge in [0.15, 0.2) is 5.65 Å². The molecule has 12 heteroatoms. The van der Waals surface area contributed by atoms with Gasteiger partial charge in [0, 0.05) is 36.8 Å². The molecular weight excluding hydrogens is 422 g/mol. The van der Waals surface area contributed by atoms with Crippen LogP contribution in [0.15, 0.2) is 31.0 Å². The van der Waals surface area contributed by atoms with Gasteiger partial charge in [-0.3, -0.25) is 9.78 Å². The second-order valence-electron chi connectivity index (χ2n) is 7.69. The van der Waals surface area contributed by atoms with Crippen LogP contribution >= 0.6 is 0 Å². The lowest BCUT2D eigenvalue weighted by atomic mass is 9.91. The second-order valence-corrected chi connectivity index (χ2v) is 7.69. The van der Waals surface area contributed by atoms with E-state index < -0.39 is 24.3 Å². The Bertz CT molecular complexity index is 1220. The number of nitrogens with zero attached hydrogens (tertiary/aromatic N) is 8. The summed E-state index contributed by atoms with van der Waals surface area (Å²) in [7, 11) is 0. The molecule has 0 aromatic carbocycles. The van der Waals surface area contributed by atoms with Gasteiger partial charge < -0.3 is 14.5 Å². The van der Waals surface area contributed by atoms with Gasteiger partial charge in [-0.15, -0.1) is 0 Å². The van der Waals surface area contributed by atoms with E-state index in [-0.39, 0.29) is 44.2 Å². The fourth-order valence-corrected chi connectivity index (χ4v) is 4.18. The first-order valence-corrected chi connectivity index (χ1v) is 10.0. The fourth-order valence-electron chi connectivity index (χ4n) is 4.18. The topological polar surface area (TPSA) is 113 Å². The van der Waals surface area contributed by atoms with E-state index in [0.717, 1.165) is 0 Å². The molecule has 0 N–H and O–H groups in total. The molecule has 10 nitrogen and oxygen atoms in total. The minimum Gasteiger partial charge on any atom is -0.490 e. The largest absolute Gasteiger partial charge is 0.490 e. The molecule has 2 aliphatic rings. The van der Waals surface area contributed by atoms with Crippen LogP contribution in [0.5, 0.6) is 5.75 Å². The van der Waals surface area contributed by atoms with E-state index in [1.807, 2.05) is 6.07 Å². The van der Waals surface area contributed by atoms with Gasteiger partial charge >= 0.3 is 0 Å².